The molecule has 3 aromatic carbocycles. The van der Waals surface area contributed by atoms with Crippen molar-refractivity contribution in [3.63, 3.8) is 0 Å². The van der Waals surface area contributed by atoms with Gasteiger partial charge in [-0.15, -0.1) is 0 Å². The van der Waals surface area contributed by atoms with Gasteiger partial charge in [-0.2, -0.15) is 0 Å². The van der Waals surface area contributed by atoms with E-state index >= 15 is 0 Å². The fourth-order valence-electron chi connectivity index (χ4n) is 2.30. The van der Waals surface area contributed by atoms with E-state index in [1.807, 2.05) is 60.7 Å². The molecule has 0 aliphatic rings. The van der Waals surface area contributed by atoms with E-state index in [4.69, 9.17) is 4.84 Å². The van der Waals surface area contributed by atoms with Gasteiger partial charge in [-0.3, -0.25) is 4.79 Å². The third-order valence-electron chi connectivity index (χ3n) is 3.61. The SMILES string of the molecule is O=C/C(=C/c1ccc(NOc2ccccc2O)cc1)c1ccccc1. The van der Waals surface area contributed by atoms with E-state index in [9.17, 15) is 9.90 Å². The number of rotatable bonds is 6. The van der Waals surface area contributed by atoms with Gasteiger partial charge in [-0.05, 0) is 41.5 Å². The average molecular weight is 331 g/mol. The molecule has 0 saturated carbocycles. The summed E-state index contributed by atoms with van der Waals surface area (Å²) in [6.07, 6.45) is 2.68. The summed E-state index contributed by atoms with van der Waals surface area (Å²) in [5, 5.41) is 9.66. The van der Waals surface area contributed by atoms with E-state index in [1.165, 1.54) is 0 Å². The Morgan fingerprint density at radius 1 is 0.880 bits per heavy atom. The van der Waals surface area contributed by atoms with Crippen LogP contribution in [0.3, 0.4) is 0 Å². The Morgan fingerprint density at radius 2 is 1.56 bits per heavy atom. The number of phenolic OH excluding ortho intramolecular Hbond substituents is 1. The first-order chi connectivity index (χ1) is 12.3. The molecule has 4 nitrogen and oxygen atoms in total. The minimum atomic E-state index is 0.0630. The molecule has 0 saturated heterocycles. The Bertz CT molecular complexity index is 871. The van der Waals surface area contributed by atoms with Gasteiger partial charge in [-0.25, -0.2) is 5.48 Å². The smallest absolute Gasteiger partial charge is 0.196 e. The lowest BCUT2D eigenvalue weighted by atomic mass is 10.0. The summed E-state index contributed by atoms with van der Waals surface area (Å²) in [5.41, 5.74) is 5.90. The molecule has 4 heteroatoms. The second-order valence-electron chi connectivity index (χ2n) is 5.38. The van der Waals surface area contributed by atoms with Crippen molar-refractivity contribution in [3.05, 3.63) is 90.0 Å². The Morgan fingerprint density at radius 3 is 2.24 bits per heavy atom. The number of para-hydroxylation sites is 2. The van der Waals surface area contributed by atoms with Crippen molar-refractivity contribution < 1.29 is 14.7 Å². The maximum absolute atomic E-state index is 11.3. The highest BCUT2D eigenvalue weighted by atomic mass is 16.6. The highest BCUT2D eigenvalue weighted by Crippen LogP contribution is 2.25. The standard InChI is InChI=1S/C21H17NO3/c23-15-18(17-6-2-1-3-7-17)14-16-10-12-19(13-11-16)22-25-21-9-5-4-8-20(21)24/h1-15,22,24H/b18-14-. The third kappa shape index (κ3) is 4.26. The lowest BCUT2D eigenvalue weighted by Gasteiger charge is -2.09. The van der Waals surface area contributed by atoms with Gasteiger partial charge in [-0.1, -0.05) is 54.6 Å². The maximum atomic E-state index is 11.3. The first-order valence-electron chi connectivity index (χ1n) is 7.79. The highest BCUT2D eigenvalue weighted by Gasteiger charge is 2.02. The molecule has 0 unspecified atom stereocenters. The van der Waals surface area contributed by atoms with Crippen LogP contribution in [-0.2, 0) is 4.79 Å². The van der Waals surface area contributed by atoms with Gasteiger partial charge in [0.2, 0.25) is 0 Å². The van der Waals surface area contributed by atoms with E-state index in [0.717, 1.165) is 23.1 Å². The van der Waals surface area contributed by atoms with Gasteiger partial charge in [0.05, 0.1) is 5.69 Å². The zero-order valence-electron chi connectivity index (χ0n) is 13.4. The Kier molecular flexibility index (Phi) is 5.12. The highest BCUT2D eigenvalue weighted by molar-refractivity contribution is 6.13. The summed E-state index contributed by atoms with van der Waals surface area (Å²) in [5.74, 6) is 0.409. The number of hydrogen-bond acceptors (Lipinski definition) is 4. The van der Waals surface area contributed by atoms with Gasteiger partial charge in [0.1, 0.15) is 0 Å². The van der Waals surface area contributed by atoms with Gasteiger partial charge < -0.3 is 9.94 Å². The minimum absolute atomic E-state index is 0.0630. The molecule has 3 rings (SSSR count). The van der Waals surface area contributed by atoms with Gasteiger partial charge in [0.25, 0.3) is 0 Å². The summed E-state index contributed by atoms with van der Waals surface area (Å²) < 4.78 is 0. The summed E-state index contributed by atoms with van der Waals surface area (Å²) in [6, 6.07) is 23.6. The summed E-state index contributed by atoms with van der Waals surface area (Å²) in [4.78, 5) is 16.7. The Balaban J connectivity index is 1.70. The number of aldehydes is 1. The molecule has 0 aromatic heterocycles. The fraction of sp³-hybridized carbons (Fsp3) is 0. The van der Waals surface area contributed by atoms with E-state index in [1.54, 1.807) is 24.3 Å². The van der Waals surface area contributed by atoms with Crippen molar-refractivity contribution in [2.75, 3.05) is 5.48 Å². The number of aromatic hydroxyl groups is 1. The summed E-state index contributed by atoms with van der Waals surface area (Å²) in [6.45, 7) is 0. The molecule has 25 heavy (non-hydrogen) atoms. The number of allylic oxidation sites excluding steroid dienone is 1. The largest absolute Gasteiger partial charge is 0.504 e. The second-order valence-corrected chi connectivity index (χ2v) is 5.38. The van der Waals surface area contributed by atoms with Crippen LogP contribution in [-0.4, -0.2) is 11.4 Å². The van der Waals surface area contributed by atoms with Crippen LogP contribution < -0.4 is 10.3 Å². The molecule has 0 aliphatic carbocycles. The van der Waals surface area contributed by atoms with Crippen LogP contribution in [0.25, 0.3) is 11.6 Å². The van der Waals surface area contributed by atoms with E-state index < -0.39 is 0 Å². The van der Waals surface area contributed by atoms with Crippen molar-refractivity contribution in [1.29, 1.82) is 0 Å². The van der Waals surface area contributed by atoms with Gasteiger partial charge in [0.15, 0.2) is 17.8 Å². The first-order valence-corrected chi connectivity index (χ1v) is 7.79. The molecular formula is C21H17NO3. The number of hydrogen-bond donors (Lipinski definition) is 2. The lowest BCUT2D eigenvalue weighted by molar-refractivity contribution is -0.103. The molecular weight excluding hydrogens is 314 g/mol. The minimum Gasteiger partial charge on any atom is -0.504 e. The molecule has 0 fully saturated rings. The Hall–Kier alpha value is -3.53. The van der Waals surface area contributed by atoms with Crippen LogP contribution in [0.1, 0.15) is 11.1 Å². The van der Waals surface area contributed by atoms with Crippen molar-refractivity contribution in [2.45, 2.75) is 0 Å². The number of phenols is 1. The summed E-state index contributed by atoms with van der Waals surface area (Å²) >= 11 is 0. The number of benzene rings is 3. The van der Waals surface area contributed by atoms with Crippen LogP contribution in [0.4, 0.5) is 5.69 Å². The number of carbonyl (C=O) groups excluding carboxylic acids is 1. The third-order valence-corrected chi connectivity index (χ3v) is 3.61. The van der Waals surface area contributed by atoms with Crippen LogP contribution in [0.5, 0.6) is 11.5 Å². The number of nitrogens with one attached hydrogen (secondary N) is 1. The Labute approximate surface area is 146 Å². The maximum Gasteiger partial charge on any atom is 0.196 e. The van der Waals surface area contributed by atoms with Crippen molar-refractivity contribution >= 4 is 23.6 Å². The van der Waals surface area contributed by atoms with Crippen molar-refractivity contribution in [1.82, 2.24) is 0 Å². The molecule has 0 radical (unpaired) electrons. The van der Waals surface area contributed by atoms with Gasteiger partial charge >= 0.3 is 0 Å². The normalized spacial score (nSPS) is 11.0. The molecule has 0 heterocycles. The van der Waals surface area contributed by atoms with Crippen LogP contribution in [0.2, 0.25) is 0 Å². The predicted molar refractivity (Wildman–Crippen MR) is 99.2 cm³/mol. The summed E-state index contributed by atoms with van der Waals surface area (Å²) in [7, 11) is 0. The predicted octanol–water partition coefficient (Wildman–Crippen LogP) is 4.54. The molecule has 0 aliphatic heterocycles. The molecule has 0 spiro atoms. The fourth-order valence-corrected chi connectivity index (χ4v) is 2.30. The molecule has 3 aromatic rings. The molecule has 124 valence electrons. The van der Waals surface area contributed by atoms with Crippen molar-refractivity contribution in [2.24, 2.45) is 0 Å². The van der Waals surface area contributed by atoms with E-state index in [-0.39, 0.29) is 5.75 Å². The van der Waals surface area contributed by atoms with E-state index in [0.29, 0.717) is 11.3 Å². The molecule has 0 amide bonds. The lowest BCUT2D eigenvalue weighted by Crippen LogP contribution is -2.04. The monoisotopic (exact) mass is 331 g/mol. The van der Waals surface area contributed by atoms with Crippen LogP contribution in [0.15, 0.2) is 78.9 Å². The van der Waals surface area contributed by atoms with Crippen LogP contribution >= 0.6 is 0 Å². The number of carbonyl (C=O) groups is 1. The molecule has 0 bridgehead atoms. The topological polar surface area (TPSA) is 58.6 Å². The molecule has 2 N–H and O–H groups in total. The average Bonchev–Trinajstić information content (AvgIpc) is 2.67. The van der Waals surface area contributed by atoms with E-state index in [2.05, 4.69) is 5.48 Å². The second kappa shape index (κ2) is 7.84. The zero-order valence-corrected chi connectivity index (χ0v) is 13.4. The first kappa shape index (κ1) is 16.3. The zero-order chi connectivity index (χ0) is 17.5. The van der Waals surface area contributed by atoms with Crippen LogP contribution in [0, 0.1) is 0 Å². The quantitative estimate of drug-likeness (QED) is 0.301. The number of anilines is 1. The molecule has 0 atom stereocenters. The van der Waals surface area contributed by atoms with Crippen molar-refractivity contribution in [3.8, 4) is 11.5 Å². The van der Waals surface area contributed by atoms with Gasteiger partial charge in [0, 0.05) is 5.57 Å².